The van der Waals surface area contributed by atoms with Crippen LogP contribution < -0.4 is 5.69 Å². The minimum atomic E-state index is -0.135. The molecule has 0 saturated heterocycles. The monoisotopic (exact) mass is 168 g/mol. The summed E-state index contributed by atoms with van der Waals surface area (Å²) in [5.41, 5.74) is -0.0589. The van der Waals surface area contributed by atoms with Crippen LogP contribution in [-0.2, 0) is 6.54 Å². The molecule has 1 aromatic heterocycles. The number of hydrogen-bond donors (Lipinski definition) is 2. The fourth-order valence-corrected chi connectivity index (χ4v) is 1.62. The lowest BCUT2D eigenvalue weighted by atomic mass is 9.82. The van der Waals surface area contributed by atoms with E-state index in [1.54, 1.807) is 17.0 Å². The Hall–Kier alpha value is -1.03. The highest BCUT2D eigenvalue weighted by molar-refractivity contribution is 4.83. The normalized spacial score (nSPS) is 28.4. The maximum Gasteiger partial charge on any atom is 0.325 e. The summed E-state index contributed by atoms with van der Waals surface area (Å²) >= 11 is 0. The first-order valence-electron chi connectivity index (χ1n) is 4.17. The molecule has 4 heteroatoms. The van der Waals surface area contributed by atoms with Gasteiger partial charge in [-0.2, -0.15) is 0 Å². The zero-order valence-electron chi connectivity index (χ0n) is 6.73. The molecular formula is C8H12N2O2. The second kappa shape index (κ2) is 2.79. The third-order valence-corrected chi connectivity index (χ3v) is 2.39. The summed E-state index contributed by atoms with van der Waals surface area (Å²) < 4.78 is 1.65. The van der Waals surface area contributed by atoms with Gasteiger partial charge in [0.05, 0.1) is 6.10 Å². The fourth-order valence-electron chi connectivity index (χ4n) is 1.62. The molecule has 1 aliphatic rings. The Kier molecular flexibility index (Phi) is 1.77. The highest BCUT2D eigenvalue weighted by atomic mass is 16.3. The van der Waals surface area contributed by atoms with Gasteiger partial charge in [-0.25, -0.2) is 4.79 Å². The van der Waals surface area contributed by atoms with E-state index in [1.165, 1.54) is 0 Å². The lowest BCUT2D eigenvalue weighted by Gasteiger charge is -2.31. The molecule has 1 heterocycles. The second-order valence-corrected chi connectivity index (χ2v) is 3.41. The van der Waals surface area contributed by atoms with Crippen molar-refractivity contribution in [1.82, 2.24) is 9.55 Å². The number of nitrogens with zero attached hydrogens (tertiary/aromatic N) is 1. The summed E-state index contributed by atoms with van der Waals surface area (Å²) in [4.78, 5) is 13.6. The Labute approximate surface area is 69.8 Å². The fraction of sp³-hybridized carbons (Fsp3) is 0.625. The molecule has 66 valence electrons. The van der Waals surface area contributed by atoms with Crippen LogP contribution >= 0.6 is 0 Å². The standard InChI is InChI=1S/C8H12N2O2/c11-7-3-6(4-7)5-10-2-1-9-8(10)12/h1-2,6-7,11H,3-5H2,(H,9,12). The molecule has 1 fully saturated rings. The van der Waals surface area contributed by atoms with Crippen LogP contribution in [0.25, 0.3) is 0 Å². The molecule has 2 N–H and O–H groups in total. The van der Waals surface area contributed by atoms with Crippen molar-refractivity contribution in [3.8, 4) is 0 Å². The summed E-state index contributed by atoms with van der Waals surface area (Å²) in [6.07, 6.45) is 4.91. The molecule has 0 aromatic carbocycles. The number of aliphatic hydroxyl groups is 1. The van der Waals surface area contributed by atoms with E-state index in [9.17, 15) is 4.79 Å². The molecule has 0 radical (unpaired) electrons. The Bertz CT molecular complexity index is 309. The van der Waals surface area contributed by atoms with Crippen LogP contribution in [0, 0.1) is 5.92 Å². The van der Waals surface area contributed by atoms with Gasteiger partial charge in [0.1, 0.15) is 0 Å². The van der Waals surface area contributed by atoms with Crippen LogP contribution in [0.4, 0.5) is 0 Å². The Morgan fingerprint density at radius 3 is 2.92 bits per heavy atom. The maximum atomic E-state index is 11.0. The van der Waals surface area contributed by atoms with Gasteiger partial charge in [0, 0.05) is 18.9 Å². The predicted octanol–water partition coefficient (Wildman–Crippen LogP) is -0.0527. The van der Waals surface area contributed by atoms with E-state index in [-0.39, 0.29) is 11.8 Å². The van der Waals surface area contributed by atoms with E-state index in [4.69, 9.17) is 5.11 Å². The van der Waals surface area contributed by atoms with Crippen LogP contribution in [0.2, 0.25) is 0 Å². The van der Waals surface area contributed by atoms with E-state index in [1.807, 2.05) is 0 Å². The van der Waals surface area contributed by atoms with E-state index in [2.05, 4.69) is 4.98 Å². The van der Waals surface area contributed by atoms with Crippen molar-refractivity contribution >= 4 is 0 Å². The minimum Gasteiger partial charge on any atom is -0.393 e. The number of nitrogens with one attached hydrogen (secondary N) is 1. The second-order valence-electron chi connectivity index (χ2n) is 3.41. The molecule has 0 spiro atoms. The summed E-state index contributed by atoms with van der Waals surface area (Å²) in [7, 11) is 0. The van der Waals surface area contributed by atoms with Crippen molar-refractivity contribution in [2.24, 2.45) is 5.92 Å². The van der Waals surface area contributed by atoms with Crippen LogP contribution in [0.15, 0.2) is 17.2 Å². The topological polar surface area (TPSA) is 58.0 Å². The third-order valence-electron chi connectivity index (χ3n) is 2.39. The molecule has 2 rings (SSSR count). The van der Waals surface area contributed by atoms with Gasteiger partial charge >= 0.3 is 5.69 Å². The molecular weight excluding hydrogens is 156 g/mol. The number of H-pyrrole nitrogens is 1. The third kappa shape index (κ3) is 1.30. The highest BCUT2D eigenvalue weighted by Crippen LogP contribution is 2.27. The molecule has 1 saturated carbocycles. The van der Waals surface area contributed by atoms with Crippen molar-refractivity contribution in [3.63, 3.8) is 0 Å². The van der Waals surface area contributed by atoms with Crippen molar-refractivity contribution in [3.05, 3.63) is 22.9 Å². The summed E-state index contributed by atoms with van der Waals surface area (Å²) in [5.74, 6) is 0.480. The van der Waals surface area contributed by atoms with Gasteiger partial charge in [-0.1, -0.05) is 0 Å². The van der Waals surface area contributed by atoms with E-state index in [0.717, 1.165) is 19.4 Å². The average Bonchev–Trinajstić information content (AvgIpc) is 2.33. The van der Waals surface area contributed by atoms with E-state index in [0.29, 0.717) is 5.92 Å². The first kappa shape index (κ1) is 7.61. The number of imidazole rings is 1. The lowest BCUT2D eigenvalue weighted by molar-refractivity contribution is 0.0348. The molecule has 0 bridgehead atoms. The van der Waals surface area contributed by atoms with Gasteiger partial charge < -0.3 is 10.1 Å². The quantitative estimate of drug-likeness (QED) is 0.650. The summed E-state index contributed by atoms with van der Waals surface area (Å²) in [6, 6.07) is 0. The maximum absolute atomic E-state index is 11.0. The van der Waals surface area contributed by atoms with Crippen molar-refractivity contribution in [1.29, 1.82) is 0 Å². The van der Waals surface area contributed by atoms with Gasteiger partial charge in [-0.15, -0.1) is 0 Å². The van der Waals surface area contributed by atoms with E-state index < -0.39 is 0 Å². The molecule has 12 heavy (non-hydrogen) atoms. The zero-order valence-corrected chi connectivity index (χ0v) is 6.73. The molecule has 0 unspecified atom stereocenters. The van der Waals surface area contributed by atoms with Crippen LogP contribution in [0.1, 0.15) is 12.8 Å². The van der Waals surface area contributed by atoms with Crippen molar-refractivity contribution in [2.45, 2.75) is 25.5 Å². The summed E-state index contributed by atoms with van der Waals surface area (Å²) in [5, 5.41) is 9.02. The molecule has 0 atom stereocenters. The number of aromatic amines is 1. The number of rotatable bonds is 2. The average molecular weight is 168 g/mol. The first-order chi connectivity index (χ1) is 5.75. The smallest absolute Gasteiger partial charge is 0.325 e. The minimum absolute atomic E-state index is 0.0589. The Morgan fingerprint density at radius 1 is 1.67 bits per heavy atom. The zero-order chi connectivity index (χ0) is 8.55. The highest BCUT2D eigenvalue weighted by Gasteiger charge is 2.27. The molecule has 4 nitrogen and oxygen atoms in total. The number of hydrogen-bond acceptors (Lipinski definition) is 2. The van der Waals surface area contributed by atoms with Crippen LogP contribution in [0.5, 0.6) is 0 Å². The first-order valence-corrected chi connectivity index (χ1v) is 4.17. The van der Waals surface area contributed by atoms with Crippen LogP contribution in [0.3, 0.4) is 0 Å². The SMILES string of the molecule is O=c1[nH]ccn1CC1CC(O)C1. The molecule has 1 aromatic rings. The Morgan fingerprint density at radius 2 is 2.42 bits per heavy atom. The summed E-state index contributed by atoms with van der Waals surface area (Å²) in [6.45, 7) is 0.736. The Balaban J connectivity index is 1.96. The van der Waals surface area contributed by atoms with Gasteiger partial charge in [0.25, 0.3) is 0 Å². The van der Waals surface area contributed by atoms with Gasteiger partial charge in [0.15, 0.2) is 0 Å². The number of aliphatic hydroxyl groups excluding tert-OH is 1. The van der Waals surface area contributed by atoms with Gasteiger partial charge in [-0.05, 0) is 18.8 Å². The lowest BCUT2D eigenvalue weighted by Crippen LogP contribution is -2.33. The predicted molar refractivity (Wildman–Crippen MR) is 43.8 cm³/mol. The molecule has 0 aliphatic heterocycles. The molecule has 0 amide bonds. The van der Waals surface area contributed by atoms with E-state index >= 15 is 0 Å². The van der Waals surface area contributed by atoms with Crippen molar-refractivity contribution < 1.29 is 5.11 Å². The largest absolute Gasteiger partial charge is 0.393 e. The van der Waals surface area contributed by atoms with Gasteiger partial charge in [0.2, 0.25) is 0 Å². The molecule has 1 aliphatic carbocycles. The van der Waals surface area contributed by atoms with Crippen molar-refractivity contribution in [2.75, 3.05) is 0 Å². The number of aromatic nitrogens is 2. The van der Waals surface area contributed by atoms with Crippen LogP contribution in [-0.4, -0.2) is 20.8 Å². The van der Waals surface area contributed by atoms with Gasteiger partial charge in [-0.3, -0.25) is 4.57 Å².